The van der Waals surface area contributed by atoms with Crippen molar-refractivity contribution >= 4 is 5.91 Å². The molecule has 0 atom stereocenters. The van der Waals surface area contributed by atoms with Crippen molar-refractivity contribution in [2.24, 2.45) is 5.92 Å². The van der Waals surface area contributed by atoms with Gasteiger partial charge >= 0.3 is 0 Å². The van der Waals surface area contributed by atoms with Crippen LogP contribution in [0.25, 0.3) is 0 Å². The second kappa shape index (κ2) is 4.52. The molecule has 21 heavy (non-hydrogen) atoms. The number of hydrogen-bond donors (Lipinski definition) is 0. The number of aryl methyl sites for hydroxylation is 1. The smallest absolute Gasteiger partial charge is 0.249 e. The maximum atomic E-state index is 13.0. The van der Waals surface area contributed by atoms with E-state index in [4.69, 9.17) is 0 Å². The zero-order valence-electron chi connectivity index (χ0n) is 12.7. The molecule has 0 radical (unpaired) electrons. The van der Waals surface area contributed by atoms with Crippen LogP contribution in [-0.2, 0) is 17.8 Å². The molecular weight excluding hydrogens is 272 g/mol. The Hall–Kier alpha value is -1.45. The maximum absolute atomic E-state index is 13.0. The lowest BCUT2D eigenvalue weighted by Gasteiger charge is -2.47. The first-order valence-corrected chi connectivity index (χ1v) is 7.46. The van der Waals surface area contributed by atoms with E-state index in [9.17, 15) is 13.6 Å². The van der Waals surface area contributed by atoms with E-state index >= 15 is 0 Å². The van der Waals surface area contributed by atoms with Crippen LogP contribution in [0.2, 0.25) is 0 Å². The molecule has 2 nitrogen and oxygen atoms in total. The highest BCUT2D eigenvalue weighted by atomic mass is 19.3. The van der Waals surface area contributed by atoms with E-state index in [1.807, 2.05) is 20.8 Å². The van der Waals surface area contributed by atoms with Crippen molar-refractivity contribution in [3.63, 3.8) is 0 Å². The Bertz CT molecular complexity index is 586. The van der Waals surface area contributed by atoms with Gasteiger partial charge in [-0.05, 0) is 38.3 Å². The standard InChI is InChI=1S/C17H21F2NO/c1-11-4-5-12-7-16(2,3)20(10-13(12)6-11)15(21)14-8-17(18,19)9-14/h4-6,14H,7-10H2,1-3H3. The van der Waals surface area contributed by atoms with Gasteiger partial charge in [-0.1, -0.05) is 23.8 Å². The van der Waals surface area contributed by atoms with Gasteiger partial charge in [-0.2, -0.15) is 0 Å². The molecule has 1 aliphatic heterocycles. The van der Waals surface area contributed by atoms with Gasteiger partial charge in [-0.15, -0.1) is 0 Å². The molecule has 1 aliphatic carbocycles. The van der Waals surface area contributed by atoms with Crippen molar-refractivity contribution in [1.82, 2.24) is 4.90 Å². The summed E-state index contributed by atoms with van der Waals surface area (Å²) in [5.74, 6) is -3.27. The van der Waals surface area contributed by atoms with Crippen LogP contribution in [0.1, 0.15) is 43.4 Å². The molecule has 1 heterocycles. The second-order valence-electron chi connectivity index (χ2n) is 7.15. The molecule has 0 unspecified atom stereocenters. The minimum absolute atomic E-state index is 0.113. The second-order valence-corrected chi connectivity index (χ2v) is 7.15. The van der Waals surface area contributed by atoms with Crippen molar-refractivity contribution in [3.05, 3.63) is 34.9 Å². The SMILES string of the molecule is Cc1ccc2c(c1)CN(C(=O)C1CC(F)(F)C1)C(C)(C)C2. The molecule has 0 bridgehead atoms. The van der Waals surface area contributed by atoms with Crippen LogP contribution in [0.15, 0.2) is 18.2 Å². The van der Waals surface area contributed by atoms with Crippen LogP contribution in [0.4, 0.5) is 8.78 Å². The Morgan fingerprint density at radius 3 is 2.52 bits per heavy atom. The lowest BCUT2D eigenvalue weighted by molar-refractivity contribution is -0.166. The predicted molar refractivity (Wildman–Crippen MR) is 77.2 cm³/mol. The van der Waals surface area contributed by atoms with Crippen LogP contribution in [0, 0.1) is 12.8 Å². The summed E-state index contributed by atoms with van der Waals surface area (Å²) >= 11 is 0. The minimum atomic E-state index is -2.64. The van der Waals surface area contributed by atoms with Gasteiger partial charge in [0.25, 0.3) is 0 Å². The van der Waals surface area contributed by atoms with E-state index in [0.717, 1.165) is 17.5 Å². The number of benzene rings is 1. The molecule has 3 rings (SSSR count). The highest BCUT2D eigenvalue weighted by Gasteiger charge is 2.51. The largest absolute Gasteiger partial charge is 0.333 e. The number of fused-ring (bicyclic) bond motifs is 1. The van der Waals surface area contributed by atoms with Crippen LogP contribution in [-0.4, -0.2) is 22.3 Å². The van der Waals surface area contributed by atoms with Crippen molar-refractivity contribution in [2.75, 3.05) is 0 Å². The maximum Gasteiger partial charge on any atom is 0.249 e. The average Bonchev–Trinajstić information content (AvgIpc) is 2.34. The molecule has 0 N–H and O–H groups in total. The first-order valence-electron chi connectivity index (χ1n) is 7.46. The summed E-state index contributed by atoms with van der Waals surface area (Å²) in [6.45, 7) is 6.60. The number of amides is 1. The minimum Gasteiger partial charge on any atom is -0.333 e. The fraction of sp³-hybridized carbons (Fsp3) is 0.588. The highest BCUT2D eigenvalue weighted by Crippen LogP contribution is 2.45. The van der Waals surface area contributed by atoms with Crippen LogP contribution < -0.4 is 0 Å². The van der Waals surface area contributed by atoms with Gasteiger partial charge in [0.05, 0.1) is 0 Å². The Labute approximate surface area is 124 Å². The monoisotopic (exact) mass is 293 g/mol. The Morgan fingerprint density at radius 1 is 1.24 bits per heavy atom. The molecule has 1 aromatic carbocycles. The Kier molecular flexibility index (Phi) is 3.12. The molecule has 4 heteroatoms. The van der Waals surface area contributed by atoms with E-state index < -0.39 is 11.8 Å². The van der Waals surface area contributed by atoms with Gasteiger partial charge in [-0.25, -0.2) is 8.78 Å². The zero-order chi connectivity index (χ0) is 15.4. The van der Waals surface area contributed by atoms with Crippen molar-refractivity contribution in [3.8, 4) is 0 Å². The van der Waals surface area contributed by atoms with E-state index in [2.05, 4.69) is 18.2 Å². The Morgan fingerprint density at radius 2 is 1.90 bits per heavy atom. The molecule has 1 amide bonds. The number of halogens is 2. The number of hydrogen-bond acceptors (Lipinski definition) is 1. The van der Waals surface area contributed by atoms with Crippen LogP contribution >= 0.6 is 0 Å². The molecule has 2 aliphatic rings. The molecule has 1 saturated carbocycles. The molecule has 0 aromatic heterocycles. The van der Waals surface area contributed by atoms with Gasteiger partial charge in [0.1, 0.15) is 0 Å². The Balaban J connectivity index is 1.84. The number of carbonyl (C=O) groups excluding carboxylic acids is 1. The zero-order valence-corrected chi connectivity index (χ0v) is 12.7. The molecular formula is C17H21F2NO. The van der Waals surface area contributed by atoms with Crippen LogP contribution in [0.3, 0.4) is 0 Å². The molecule has 1 aromatic rings. The third kappa shape index (κ3) is 2.56. The normalized spacial score (nSPS) is 23.4. The van der Waals surface area contributed by atoms with Crippen molar-refractivity contribution in [2.45, 2.75) is 58.0 Å². The lowest BCUT2D eigenvalue weighted by Crippen LogP contribution is -2.56. The molecule has 0 spiro atoms. The van der Waals surface area contributed by atoms with E-state index in [1.165, 1.54) is 5.56 Å². The summed E-state index contributed by atoms with van der Waals surface area (Å²) in [5.41, 5.74) is 3.25. The number of alkyl halides is 2. The number of nitrogens with zero attached hydrogens (tertiary/aromatic N) is 1. The fourth-order valence-electron chi connectivity index (χ4n) is 3.45. The summed E-state index contributed by atoms with van der Waals surface area (Å²) in [4.78, 5) is 14.4. The molecule has 1 fully saturated rings. The number of carbonyl (C=O) groups is 1. The molecule has 0 saturated heterocycles. The lowest BCUT2D eigenvalue weighted by atomic mass is 9.77. The van der Waals surface area contributed by atoms with Gasteiger partial charge < -0.3 is 4.90 Å². The summed E-state index contributed by atoms with van der Waals surface area (Å²) in [6.07, 6.45) is 0.190. The predicted octanol–water partition coefficient (Wildman–Crippen LogP) is 3.70. The van der Waals surface area contributed by atoms with Crippen LogP contribution in [0.5, 0.6) is 0 Å². The first-order chi connectivity index (χ1) is 9.68. The van der Waals surface area contributed by atoms with E-state index in [0.29, 0.717) is 6.54 Å². The third-order valence-corrected chi connectivity index (χ3v) is 4.75. The fourth-order valence-corrected chi connectivity index (χ4v) is 3.45. The summed E-state index contributed by atoms with van der Waals surface area (Å²) in [6, 6.07) is 6.30. The van der Waals surface area contributed by atoms with Gasteiger partial charge in [0.2, 0.25) is 11.8 Å². The van der Waals surface area contributed by atoms with Crippen molar-refractivity contribution in [1.29, 1.82) is 0 Å². The summed E-state index contributed by atoms with van der Waals surface area (Å²) in [5, 5.41) is 0. The third-order valence-electron chi connectivity index (χ3n) is 4.75. The van der Waals surface area contributed by atoms with Crippen molar-refractivity contribution < 1.29 is 13.6 Å². The van der Waals surface area contributed by atoms with Gasteiger partial charge in [0.15, 0.2) is 0 Å². The summed E-state index contributed by atoms with van der Waals surface area (Å²) in [7, 11) is 0. The molecule has 114 valence electrons. The topological polar surface area (TPSA) is 20.3 Å². The van der Waals surface area contributed by atoms with Gasteiger partial charge in [0, 0.05) is 30.8 Å². The van der Waals surface area contributed by atoms with Gasteiger partial charge in [-0.3, -0.25) is 4.79 Å². The highest BCUT2D eigenvalue weighted by molar-refractivity contribution is 5.81. The first kappa shape index (κ1) is 14.5. The van der Waals surface area contributed by atoms with E-state index in [-0.39, 0.29) is 24.3 Å². The van der Waals surface area contributed by atoms with E-state index in [1.54, 1.807) is 4.90 Å². The summed E-state index contributed by atoms with van der Waals surface area (Å²) < 4.78 is 26.1. The number of rotatable bonds is 1. The average molecular weight is 293 g/mol. The quantitative estimate of drug-likeness (QED) is 0.773.